The Morgan fingerprint density at radius 3 is 2.82 bits per heavy atom. The number of phenolic OH excluding ortho intramolecular Hbond substituents is 1. The molecule has 0 bridgehead atoms. The molecule has 0 radical (unpaired) electrons. The number of hydrogen-bond donors (Lipinski definition) is 3. The molecule has 2 rings (SSSR count). The van der Waals surface area contributed by atoms with E-state index in [1.165, 1.54) is 18.2 Å². The van der Waals surface area contributed by atoms with Gasteiger partial charge < -0.3 is 20.7 Å². The number of phenols is 1. The number of hydrogen-bond acceptors (Lipinski definition) is 5. The third-order valence-corrected chi connectivity index (χ3v) is 2.16. The van der Waals surface area contributed by atoms with Gasteiger partial charge in [0.1, 0.15) is 11.5 Å². The lowest BCUT2D eigenvalue weighted by atomic mass is 10.2. The van der Waals surface area contributed by atoms with E-state index in [4.69, 9.17) is 10.3 Å². The van der Waals surface area contributed by atoms with Gasteiger partial charge in [-0.05, 0) is 25.1 Å². The number of benzene rings is 1. The van der Waals surface area contributed by atoms with Gasteiger partial charge in [0, 0.05) is 11.6 Å². The SMILES string of the molecule is Cc1cc(NC(=O)c2ccc(N)c(O)c2)no1. The topological polar surface area (TPSA) is 101 Å². The molecule has 1 aromatic heterocycles. The summed E-state index contributed by atoms with van der Waals surface area (Å²) in [7, 11) is 0. The zero-order valence-electron chi connectivity index (χ0n) is 9.10. The van der Waals surface area contributed by atoms with Gasteiger partial charge in [0.05, 0.1) is 5.69 Å². The maximum absolute atomic E-state index is 11.7. The van der Waals surface area contributed by atoms with Crippen LogP contribution >= 0.6 is 0 Å². The van der Waals surface area contributed by atoms with Crippen LogP contribution < -0.4 is 11.1 Å². The van der Waals surface area contributed by atoms with Gasteiger partial charge in [0.25, 0.3) is 5.91 Å². The molecule has 0 aliphatic rings. The molecular formula is C11H11N3O3. The molecule has 0 unspecified atom stereocenters. The van der Waals surface area contributed by atoms with Gasteiger partial charge >= 0.3 is 0 Å². The molecule has 1 heterocycles. The molecule has 6 nitrogen and oxygen atoms in total. The Hall–Kier alpha value is -2.50. The number of aryl methyl sites for hydroxylation is 1. The highest BCUT2D eigenvalue weighted by Gasteiger charge is 2.10. The molecule has 88 valence electrons. The van der Waals surface area contributed by atoms with Crippen molar-refractivity contribution >= 4 is 17.4 Å². The largest absolute Gasteiger partial charge is 0.506 e. The number of carbonyl (C=O) groups excluding carboxylic acids is 1. The Bertz CT molecular complexity index is 563. The van der Waals surface area contributed by atoms with Gasteiger partial charge in [0.15, 0.2) is 5.82 Å². The van der Waals surface area contributed by atoms with Crippen molar-refractivity contribution in [3.63, 3.8) is 0 Å². The molecule has 4 N–H and O–H groups in total. The highest BCUT2D eigenvalue weighted by Crippen LogP contribution is 2.21. The summed E-state index contributed by atoms with van der Waals surface area (Å²) >= 11 is 0. The number of carbonyl (C=O) groups is 1. The molecule has 17 heavy (non-hydrogen) atoms. The molecule has 0 saturated heterocycles. The van der Waals surface area contributed by atoms with E-state index in [-0.39, 0.29) is 17.0 Å². The van der Waals surface area contributed by atoms with Crippen molar-refractivity contribution in [1.29, 1.82) is 0 Å². The third kappa shape index (κ3) is 2.36. The molecular weight excluding hydrogens is 222 g/mol. The lowest BCUT2D eigenvalue weighted by Gasteiger charge is -2.03. The van der Waals surface area contributed by atoms with E-state index >= 15 is 0 Å². The van der Waals surface area contributed by atoms with E-state index in [0.717, 1.165) is 0 Å². The second kappa shape index (κ2) is 4.17. The van der Waals surface area contributed by atoms with Crippen molar-refractivity contribution in [3.05, 3.63) is 35.6 Å². The summed E-state index contributed by atoms with van der Waals surface area (Å²) in [6, 6.07) is 5.85. The zero-order valence-corrected chi connectivity index (χ0v) is 9.10. The first-order chi connectivity index (χ1) is 8.06. The number of nitrogens with zero attached hydrogens (tertiary/aromatic N) is 1. The summed E-state index contributed by atoms with van der Waals surface area (Å²) in [6.45, 7) is 1.72. The minimum Gasteiger partial charge on any atom is -0.506 e. The lowest BCUT2D eigenvalue weighted by molar-refractivity contribution is 0.102. The Labute approximate surface area is 97.0 Å². The van der Waals surface area contributed by atoms with Gasteiger partial charge in [-0.25, -0.2) is 0 Å². The van der Waals surface area contributed by atoms with Crippen LogP contribution in [-0.4, -0.2) is 16.2 Å². The quantitative estimate of drug-likeness (QED) is 0.539. The number of nitrogens with two attached hydrogens (primary N) is 1. The monoisotopic (exact) mass is 233 g/mol. The molecule has 0 saturated carbocycles. The van der Waals surface area contributed by atoms with Crippen molar-refractivity contribution in [1.82, 2.24) is 5.16 Å². The fourth-order valence-electron chi connectivity index (χ4n) is 1.30. The maximum atomic E-state index is 11.7. The minimum absolute atomic E-state index is 0.131. The van der Waals surface area contributed by atoms with Crippen LogP contribution in [0.25, 0.3) is 0 Å². The lowest BCUT2D eigenvalue weighted by Crippen LogP contribution is -2.12. The molecule has 0 spiro atoms. The average Bonchev–Trinajstić information content (AvgIpc) is 2.68. The van der Waals surface area contributed by atoms with Crippen LogP contribution in [0.3, 0.4) is 0 Å². The number of amides is 1. The first kappa shape index (κ1) is 11.0. The fraction of sp³-hybridized carbons (Fsp3) is 0.0909. The van der Waals surface area contributed by atoms with Crippen LogP contribution in [-0.2, 0) is 0 Å². The maximum Gasteiger partial charge on any atom is 0.257 e. The Morgan fingerprint density at radius 1 is 1.47 bits per heavy atom. The summed E-state index contributed by atoms with van der Waals surface area (Å²) in [6.07, 6.45) is 0. The second-order valence-corrected chi connectivity index (χ2v) is 3.55. The van der Waals surface area contributed by atoms with Gasteiger partial charge in [-0.2, -0.15) is 0 Å². The van der Waals surface area contributed by atoms with Crippen LogP contribution in [0.15, 0.2) is 28.8 Å². The number of aromatic hydroxyl groups is 1. The van der Waals surface area contributed by atoms with Crippen LogP contribution in [0.5, 0.6) is 5.75 Å². The molecule has 0 fully saturated rings. The van der Waals surface area contributed by atoms with Gasteiger partial charge in [-0.3, -0.25) is 4.79 Å². The summed E-state index contributed by atoms with van der Waals surface area (Å²) in [5.74, 6) is 0.395. The fourth-order valence-corrected chi connectivity index (χ4v) is 1.30. The van der Waals surface area contributed by atoms with Crippen molar-refractivity contribution in [3.8, 4) is 5.75 Å². The zero-order chi connectivity index (χ0) is 12.4. The van der Waals surface area contributed by atoms with Crippen molar-refractivity contribution in [2.75, 3.05) is 11.1 Å². The summed E-state index contributed by atoms with van der Waals surface area (Å²) in [5, 5.41) is 15.5. The van der Waals surface area contributed by atoms with E-state index in [1.54, 1.807) is 13.0 Å². The van der Waals surface area contributed by atoms with E-state index in [2.05, 4.69) is 10.5 Å². The first-order valence-electron chi connectivity index (χ1n) is 4.89. The van der Waals surface area contributed by atoms with E-state index in [1.807, 2.05) is 0 Å². The van der Waals surface area contributed by atoms with Gasteiger partial charge in [-0.1, -0.05) is 5.16 Å². The van der Waals surface area contributed by atoms with Gasteiger partial charge in [-0.15, -0.1) is 0 Å². The molecule has 1 aromatic carbocycles. The number of anilines is 2. The van der Waals surface area contributed by atoms with Gasteiger partial charge in [0.2, 0.25) is 0 Å². The van der Waals surface area contributed by atoms with Crippen LogP contribution in [0.1, 0.15) is 16.1 Å². The Morgan fingerprint density at radius 2 is 2.24 bits per heavy atom. The number of rotatable bonds is 2. The normalized spacial score (nSPS) is 10.2. The van der Waals surface area contributed by atoms with Crippen molar-refractivity contribution in [2.45, 2.75) is 6.92 Å². The van der Waals surface area contributed by atoms with Crippen LogP contribution in [0, 0.1) is 6.92 Å². The van der Waals surface area contributed by atoms with Crippen molar-refractivity contribution < 1.29 is 14.4 Å². The number of nitrogens with one attached hydrogen (secondary N) is 1. The smallest absolute Gasteiger partial charge is 0.257 e. The predicted octanol–water partition coefficient (Wildman–Crippen LogP) is 1.52. The van der Waals surface area contributed by atoms with E-state index in [9.17, 15) is 9.90 Å². The average molecular weight is 233 g/mol. The Balaban J connectivity index is 2.17. The molecule has 2 aromatic rings. The standard InChI is InChI=1S/C11H11N3O3/c1-6-4-10(14-17-6)13-11(16)7-2-3-8(12)9(15)5-7/h2-5,15H,12H2,1H3,(H,13,14,16). The molecule has 0 aliphatic heterocycles. The molecule has 6 heteroatoms. The molecule has 0 aliphatic carbocycles. The number of nitrogen functional groups attached to an aromatic ring is 1. The summed E-state index contributed by atoms with van der Waals surface area (Å²) in [4.78, 5) is 11.7. The molecule has 0 atom stereocenters. The minimum atomic E-state index is -0.395. The number of aromatic nitrogens is 1. The second-order valence-electron chi connectivity index (χ2n) is 3.55. The summed E-state index contributed by atoms with van der Waals surface area (Å²) < 4.78 is 4.81. The first-order valence-corrected chi connectivity index (χ1v) is 4.89. The molecule has 1 amide bonds. The van der Waals surface area contributed by atoms with E-state index in [0.29, 0.717) is 11.6 Å². The van der Waals surface area contributed by atoms with Crippen molar-refractivity contribution in [2.24, 2.45) is 0 Å². The Kier molecular flexibility index (Phi) is 2.70. The van der Waals surface area contributed by atoms with Crippen LogP contribution in [0.2, 0.25) is 0 Å². The van der Waals surface area contributed by atoms with Crippen LogP contribution in [0.4, 0.5) is 11.5 Å². The highest BCUT2D eigenvalue weighted by atomic mass is 16.5. The van der Waals surface area contributed by atoms with E-state index < -0.39 is 5.91 Å². The third-order valence-electron chi connectivity index (χ3n) is 2.16. The highest BCUT2D eigenvalue weighted by molar-refractivity contribution is 6.04. The summed E-state index contributed by atoms with van der Waals surface area (Å²) in [5.41, 5.74) is 5.95. The predicted molar refractivity (Wildman–Crippen MR) is 61.7 cm³/mol.